The van der Waals surface area contributed by atoms with E-state index in [-0.39, 0.29) is 11.3 Å². The van der Waals surface area contributed by atoms with Crippen molar-refractivity contribution in [2.75, 3.05) is 0 Å². The van der Waals surface area contributed by atoms with Crippen LogP contribution in [-0.4, -0.2) is 16.7 Å². The molecule has 2 amide bonds. The van der Waals surface area contributed by atoms with Gasteiger partial charge in [-0.05, 0) is 30.7 Å². The second kappa shape index (κ2) is 6.67. The van der Waals surface area contributed by atoms with E-state index < -0.39 is 22.3 Å². The number of primary amides is 1. The first-order valence-electron chi connectivity index (χ1n) is 6.87. The highest BCUT2D eigenvalue weighted by molar-refractivity contribution is 6.30. The maximum absolute atomic E-state index is 12.4. The molecule has 3 N–H and O–H groups in total. The zero-order chi connectivity index (χ0) is 17.9. The number of halogens is 1. The van der Waals surface area contributed by atoms with Gasteiger partial charge in [-0.3, -0.25) is 19.7 Å². The van der Waals surface area contributed by atoms with Crippen LogP contribution in [0.2, 0.25) is 5.02 Å². The smallest absolute Gasteiger partial charge is 0.270 e. The molecular weight excluding hydrogens is 334 g/mol. The number of hydrogen-bond donors (Lipinski definition) is 2. The molecular formula is C16H14ClN3O4. The number of amides is 2. The van der Waals surface area contributed by atoms with Gasteiger partial charge in [0.15, 0.2) is 0 Å². The molecule has 2 rings (SSSR count). The van der Waals surface area contributed by atoms with Crippen LogP contribution in [0, 0.1) is 10.1 Å². The van der Waals surface area contributed by atoms with Crippen molar-refractivity contribution in [3.63, 3.8) is 0 Å². The summed E-state index contributed by atoms with van der Waals surface area (Å²) in [5, 5.41) is 13.7. The van der Waals surface area contributed by atoms with E-state index in [1.54, 1.807) is 18.2 Å². The molecule has 0 aromatic heterocycles. The summed E-state index contributed by atoms with van der Waals surface area (Å²) in [6.45, 7) is 1.44. The van der Waals surface area contributed by atoms with Crippen LogP contribution in [0.1, 0.15) is 22.8 Å². The Morgan fingerprint density at radius 3 is 2.46 bits per heavy atom. The van der Waals surface area contributed by atoms with Gasteiger partial charge in [0, 0.05) is 22.7 Å². The molecule has 0 bridgehead atoms. The van der Waals surface area contributed by atoms with Crippen molar-refractivity contribution in [1.82, 2.24) is 5.32 Å². The number of benzene rings is 2. The molecule has 0 unspecified atom stereocenters. The van der Waals surface area contributed by atoms with E-state index in [1.807, 2.05) is 0 Å². The molecule has 0 saturated heterocycles. The SMILES string of the molecule is C[C@@](NC(=O)c1cccc([N+](=O)[O-])c1)(C(N)=O)c1cccc(Cl)c1. The first kappa shape index (κ1) is 17.4. The summed E-state index contributed by atoms with van der Waals surface area (Å²) in [4.78, 5) is 34.6. The molecule has 0 radical (unpaired) electrons. The molecule has 0 heterocycles. The van der Waals surface area contributed by atoms with E-state index in [2.05, 4.69) is 5.32 Å². The maximum atomic E-state index is 12.4. The summed E-state index contributed by atoms with van der Waals surface area (Å²) in [7, 11) is 0. The van der Waals surface area contributed by atoms with Crippen molar-refractivity contribution in [2.24, 2.45) is 5.73 Å². The average Bonchev–Trinajstić information content (AvgIpc) is 2.54. The molecule has 24 heavy (non-hydrogen) atoms. The Kier molecular flexibility index (Phi) is 4.85. The molecule has 0 aliphatic heterocycles. The van der Waals surface area contributed by atoms with E-state index in [4.69, 9.17) is 17.3 Å². The van der Waals surface area contributed by atoms with Crippen LogP contribution in [0.4, 0.5) is 5.69 Å². The highest BCUT2D eigenvalue weighted by atomic mass is 35.5. The van der Waals surface area contributed by atoms with Gasteiger partial charge in [0.05, 0.1) is 4.92 Å². The van der Waals surface area contributed by atoms with Crippen LogP contribution in [0.25, 0.3) is 0 Å². The largest absolute Gasteiger partial charge is 0.367 e. The van der Waals surface area contributed by atoms with Gasteiger partial charge in [0.25, 0.3) is 11.6 Å². The third-order valence-electron chi connectivity index (χ3n) is 3.58. The van der Waals surface area contributed by atoms with Gasteiger partial charge < -0.3 is 11.1 Å². The Morgan fingerprint density at radius 2 is 1.88 bits per heavy atom. The minimum absolute atomic E-state index is 0.0405. The minimum Gasteiger partial charge on any atom is -0.367 e. The number of nitro benzene ring substituents is 1. The van der Waals surface area contributed by atoms with Crippen molar-refractivity contribution in [2.45, 2.75) is 12.5 Å². The fraction of sp³-hybridized carbons (Fsp3) is 0.125. The van der Waals surface area contributed by atoms with E-state index >= 15 is 0 Å². The molecule has 7 nitrogen and oxygen atoms in total. The molecule has 124 valence electrons. The lowest BCUT2D eigenvalue weighted by atomic mass is 9.90. The maximum Gasteiger partial charge on any atom is 0.270 e. The predicted octanol–water partition coefficient (Wildman–Crippen LogP) is 2.38. The summed E-state index contributed by atoms with van der Waals surface area (Å²) in [5.74, 6) is -1.46. The zero-order valence-corrected chi connectivity index (χ0v) is 13.4. The Morgan fingerprint density at radius 1 is 1.21 bits per heavy atom. The van der Waals surface area contributed by atoms with Gasteiger partial charge in [0.2, 0.25) is 5.91 Å². The minimum atomic E-state index is -1.52. The third kappa shape index (κ3) is 3.52. The van der Waals surface area contributed by atoms with Gasteiger partial charge in [-0.15, -0.1) is 0 Å². The van der Waals surface area contributed by atoms with Crippen molar-refractivity contribution in [3.8, 4) is 0 Å². The quantitative estimate of drug-likeness (QED) is 0.638. The summed E-state index contributed by atoms with van der Waals surface area (Å²) in [6.07, 6.45) is 0. The van der Waals surface area contributed by atoms with Crippen LogP contribution in [0.15, 0.2) is 48.5 Å². The Balaban J connectivity index is 2.37. The summed E-state index contributed by atoms with van der Waals surface area (Å²) < 4.78 is 0. The van der Waals surface area contributed by atoms with Crippen LogP contribution < -0.4 is 11.1 Å². The summed E-state index contributed by atoms with van der Waals surface area (Å²) >= 11 is 5.92. The lowest BCUT2D eigenvalue weighted by molar-refractivity contribution is -0.384. The van der Waals surface area contributed by atoms with Crippen molar-refractivity contribution >= 4 is 29.1 Å². The average molecular weight is 348 g/mol. The van der Waals surface area contributed by atoms with E-state index in [0.717, 1.165) is 6.07 Å². The molecule has 0 aliphatic rings. The number of non-ortho nitro benzene ring substituents is 1. The second-order valence-corrected chi connectivity index (χ2v) is 5.70. The number of carbonyl (C=O) groups is 2. The van der Waals surface area contributed by atoms with Gasteiger partial charge in [-0.2, -0.15) is 0 Å². The van der Waals surface area contributed by atoms with E-state index in [0.29, 0.717) is 10.6 Å². The Labute approximate surface area is 142 Å². The van der Waals surface area contributed by atoms with Crippen molar-refractivity contribution in [3.05, 3.63) is 74.8 Å². The number of carbonyl (C=O) groups excluding carboxylic acids is 2. The van der Waals surface area contributed by atoms with E-state index in [1.165, 1.54) is 31.2 Å². The topological polar surface area (TPSA) is 115 Å². The van der Waals surface area contributed by atoms with Crippen molar-refractivity contribution in [1.29, 1.82) is 0 Å². The number of hydrogen-bond acceptors (Lipinski definition) is 4. The van der Waals surface area contributed by atoms with Gasteiger partial charge in [-0.1, -0.05) is 29.8 Å². The monoisotopic (exact) mass is 347 g/mol. The first-order chi connectivity index (χ1) is 11.2. The fourth-order valence-electron chi connectivity index (χ4n) is 2.14. The molecule has 2 aromatic carbocycles. The Bertz CT molecular complexity index is 824. The van der Waals surface area contributed by atoms with Crippen LogP contribution in [0.3, 0.4) is 0 Å². The highest BCUT2D eigenvalue weighted by Gasteiger charge is 2.35. The molecule has 0 fully saturated rings. The third-order valence-corrected chi connectivity index (χ3v) is 3.81. The van der Waals surface area contributed by atoms with Crippen molar-refractivity contribution < 1.29 is 14.5 Å². The van der Waals surface area contributed by atoms with Crippen LogP contribution in [0.5, 0.6) is 0 Å². The summed E-state index contributed by atoms with van der Waals surface area (Å²) in [6, 6.07) is 11.5. The number of nitrogens with zero attached hydrogens (tertiary/aromatic N) is 1. The number of nitrogens with two attached hydrogens (primary N) is 1. The van der Waals surface area contributed by atoms with Gasteiger partial charge in [-0.25, -0.2) is 0 Å². The normalized spacial score (nSPS) is 12.9. The Hall–Kier alpha value is -2.93. The molecule has 2 aromatic rings. The number of nitro groups is 1. The molecule has 1 atom stereocenters. The van der Waals surface area contributed by atoms with Crippen LogP contribution >= 0.6 is 11.6 Å². The van der Waals surface area contributed by atoms with E-state index in [9.17, 15) is 19.7 Å². The second-order valence-electron chi connectivity index (χ2n) is 5.26. The standard InChI is InChI=1S/C16H14ClN3O4/c1-16(15(18)22,11-5-3-6-12(17)9-11)19-14(21)10-4-2-7-13(8-10)20(23)24/h2-9H,1H3,(H2,18,22)(H,19,21)/t16-/m0/s1. The summed E-state index contributed by atoms with van der Waals surface area (Å²) in [5.41, 5.74) is 4.15. The van der Waals surface area contributed by atoms with Gasteiger partial charge in [0.1, 0.15) is 5.54 Å². The zero-order valence-electron chi connectivity index (χ0n) is 12.7. The highest BCUT2D eigenvalue weighted by Crippen LogP contribution is 2.24. The molecule has 0 saturated carbocycles. The van der Waals surface area contributed by atoms with Crippen LogP contribution in [-0.2, 0) is 10.3 Å². The molecule has 0 aliphatic carbocycles. The lowest BCUT2D eigenvalue weighted by Crippen LogP contribution is -2.52. The lowest BCUT2D eigenvalue weighted by Gasteiger charge is -2.28. The molecule has 8 heteroatoms. The predicted molar refractivity (Wildman–Crippen MR) is 88.6 cm³/mol. The number of nitrogens with one attached hydrogen (secondary N) is 1. The van der Waals surface area contributed by atoms with Gasteiger partial charge >= 0.3 is 0 Å². The first-order valence-corrected chi connectivity index (χ1v) is 7.25. The number of rotatable bonds is 5. The fourth-order valence-corrected chi connectivity index (χ4v) is 2.33. The molecule has 0 spiro atoms.